The normalized spacial score (nSPS) is 10.6. The lowest BCUT2D eigenvalue weighted by atomic mass is 10.2. The van der Waals surface area contributed by atoms with Gasteiger partial charge in [-0.25, -0.2) is 4.98 Å². The van der Waals surface area contributed by atoms with Crippen LogP contribution in [0.3, 0.4) is 0 Å². The molecule has 0 aliphatic carbocycles. The summed E-state index contributed by atoms with van der Waals surface area (Å²) in [5.74, 6) is 0.855. The fourth-order valence-corrected chi connectivity index (χ4v) is 3.39. The van der Waals surface area contributed by atoms with Crippen LogP contribution >= 0.6 is 11.3 Å². The molecule has 0 aliphatic heterocycles. The van der Waals surface area contributed by atoms with Gasteiger partial charge in [-0.05, 0) is 31.2 Å². The smallest absolute Gasteiger partial charge is 0.267 e. The summed E-state index contributed by atoms with van der Waals surface area (Å²) in [5.41, 5.74) is 8.04. The van der Waals surface area contributed by atoms with Gasteiger partial charge in [0.25, 0.3) is 5.91 Å². The van der Waals surface area contributed by atoms with Crippen molar-refractivity contribution in [2.75, 3.05) is 25.3 Å². The van der Waals surface area contributed by atoms with E-state index in [4.69, 9.17) is 15.2 Å². The molecule has 1 aromatic carbocycles. The number of nitrogens with zero attached hydrogens (tertiary/aromatic N) is 1. The van der Waals surface area contributed by atoms with E-state index in [1.165, 1.54) is 11.3 Å². The molecule has 3 N–H and O–H groups in total. The quantitative estimate of drug-likeness (QED) is 0.757. The average molecular weight is 343 g/mol. The number of aryl methyl sites for hydroxylation is 1. The first-order valence-corrected chi connectivity index (χ1v) is 8.04. The number of nitrogens with two attached hydrogens (primary N) is 1. The van der Waals surface area contributed by atoms with Crippen molar-refractivity contribution >= 4 is 38.8 Å². The zero-order chi connectivity index (χ0) is 17.3. The molecule has 24 heavy (non-hydrogen) atoms. The van der Waals surface area contributed by atoms with Crippen molar-refractivity contribution in [3.8, 4) is 11.5 Å². The number of methoxy groups -OCH3 is 2. The fourth-order valence-electron chi connectivity index (χ4n) is 2.36. The minimum Gasteiger partial charge on any atom is -0.493 e. The van der Waals surface area contributed by atoms with Gasteiger partial charge in [0.2, 0.25) is 0 Å². The van der Waals surface area contributed by atoms with Gasteiger partial charge >= 0.3 is 0 Å². The van der Waals surface area contributed by atoms with Gasteiger partial charge in [0.15, 0.2) is 11.5 Å². The molecular weight excluding hydrogens is 326 g/mol. The van der Waals surface area contributed by atoms with Gasteiger partial charge in [0.1, 0.15) is 9.71 Å². The van der Waals surface area contributed by atoms with Crippen molar-refractivity contribution in [2.45, 2.75) is 6.92 Å². The summed E-state index contributed by atoms with van der Waals surface area (Å²) in [6.07, 6.45) is 0. The first-order chi connectivity index (χ1) is 11.5. The highest BCUT2D eigenvalue weighted by molar-refractivity contribution is 7.21. The second-order valence-corrected chi connectivity index (χ2v) is 6.17. The number of anilines is 2. The van der Waals surface area contributed by atoms with Crippen LogP contribution in [0.5, 0.6) is 11.5 Å². The predicted octanol–water partition coefficient (Wildman–Crippen LogP) is 3.46. The Labute approximate surface area is 143 Å². The van der Waals surface area contributed by atoms with Crippen molar-refractivity contribution in [1.82, 2.24) is 4.98 Å². The molecular formula is C17H17N3O3S. The topological polar surface area (TPSA) is 86.5 Å². The molecule has 0 atom stereocenters. The lowest BCUT2D eigenvalue weighted by Crippen LogP contribution is -2.12. The number of aromatic nitrogens is 1. The van der Waals surface area contributed by atoms with E-state index in [1.807, 2.05) is 19.1 Å². The largest absolute Gasteiger partial charge is 0.493 e. The average Bonchev–Trinajstić information content (AvgIpc) is 2.90. The molecule has 0 fully saturated rings. The molecule has 3 rings (SSSR count). The Morgan fingerprint density at radius 3 is 2.62 bits per heavy atom. The van der Waals surface area contributed by atoms with Gasteiger partial charge in [0, 0.05) is 22.8 Å². The minimum absolute atomic E-state index is 0.277. The summed E-state index contributed by atoms with van der Waals surface area (Å²) >= 11 is 1.28. The summed E-state index contributed by atoms with van der Waals surface area (Å²) in [5, 5.41) is 3.62. The van der Waals surface area contributed by atoms with Gasteiger partial charge in [-0.3, -0.25) is 4.79 Å². The molecule has 2 heterocycles. The number of rotatable bonds is 4. The van der Waals surface area contributed by atoms with E-state index in [1.54, 1.807) is 32.4 Å². The highest BCUT2D eigenvalue weighted by Gasteiger charge is 2.18. The number of nitrogen functional groups attached to an aromatic ring is 1. The maximum atomic E-state index is 12.6. The van der Waals surface area contributed by atoms with Crippen molar-refractivity contribution in [1.29, 1.82) is 0 Å². The third-order valence-electron chi connectivity index (χ3n) is 3.58. The summed E-state index contributed by atoms with van der Waals surface area (Å²) < 4.78 is 10.4. The summed E-state index contributed by atoms with van der Waals surface area (Å²) in [6.45, 7) is 1.90. The maximum absolute atomic E-state index is 12.6. The highest BCUT2D eigenvalue weighted by Crippen LogP contribution is 2.34. The molecule has 1 amide bonds. The predicted molar refractivity (Wildman–Crippen MR) is 96.3 cm³/mol. The number of hydrogen-bond acceptors (Lipinski definition) is 6. The molecule has 0 saturated heterocycles. The monoisotopic (exact) mass is 343 g/mol. The second kappa shape index (κ2) is 6.37. The third-order valence-corrected chi connectivity index (χ3v) is 4.69. The van der Waals surface area contributed by atoms with Crippen LogP contribution in [-0.2, 0) is 0 Å². The standard InChI is InChI=1S/C17H17N3O3S/c1-9-4-6-11-14(18)15(24-17(11)19-9)16(21)20-10-5-7-12(22-2)13(8-10)23-3/h4-8H,18H2,1-3H3,(H,20,21). The Bertz CT molecular complexity index is 921. The first kappa shape index (κ1) is 16.1. The van der Waals surface area contributed by atoms with Crippen LogP contribution in [0.15, 0.2) is 30.3 Å². The number of thiophene rings is 1. The van der Waals surface area contributed by atoms with Crippen LogP contribution in [0.4, 0.5) is 11.4 Å². The SMILES string of the molecule is COc1ccc(NC(=O)c2sc3nc(C)ccc3c2N)cc1OC. The van der Waals surface area contributed by atoms with E-state index in [0.29, 0.717) is 27.8 Å². The summed E-state index contributed by atoms with van der Waals surface area (Å²) in [7, 11) is 3.10. The number of amides is 1. The molecule has 6 nitrogen and oxygen atoms in total. The summed E-state index contributed by atoms with van der Waals surface area (Å²) in [4.78, 5) is 18.2. The van der Waals surface area contributed by atoms with Gasteiger partial charge in [-0.15, -0.1) is 11.3 Å². The van der Waals surface area contributed by atoms with E-state index in [-0.39, 0.29) is 5.91 Å². The number of pyridine rings is 1. The molecule has 2 aromatic heterocycles. The number of benzene rings is 1. The number of nitrogens with one attached hydrogen (secondary N) is 1. The van der Waals surface area contributed by atoms with Gasteiger partial charge in [0.05, 0.1) is 19.9 Å². The number of carbonyl (C=O) groups excluding carboxylic acids is 1. The van der Waals surface area contributed by atoms with Crippen LogP contribution in [0.25, 0.3) is 10.2 Å². The van der Waals surface area contributed by atoms with Crippen molar-refractivity contribution in [3.63, 3.8) is 0 Å². The van der Waals surface area contributed by atoms with Crippen LogP contribution in [0.2, 0.25) is 0 Å². The van der Waals surface area contributed by atoms with E-state index < -0.39 is 0 Å². The number of carbonyl (C=O) groups is 1. The fraction of sp³-hybridized carbons (Fsp3) is 0.176. The van der Waals surface area contributed by atoms with Crippen LogP contribution in [0.1, 0.15) is 15.4 Å². The van der Waals surface area contributed by atoms with E-state index in [0.717, 1.165) is 15.9 Å². The molecule has 7 heteroatoms. The highest BCUT2D eigenvalue weighted by atomic mass is 32.1. The second-order valence-electron chi connectivity index (χ2n) is 5.17. The Morgan fingerprint density at radius 1 is 1.17 bits per heavy atom. The molecule has 0 unspecified atom stereocenters. The van der Waals surface area contributed by atoms with Gasteiger partial charge in [-0.1, -0.05) is 0 Å². The van der Waals surface area contributed by atoms with Gasteiger partial charge in [-0.2, -0.15) is 0 Å². The van der Waals surface area contributed by atoms with Crippen LogP contribution in [-0.4, -0.2) is 25.1 Å². The lowest BCUT2D eigenvalue weighted by Gasteiger charge is -2.10. The van der Waals surface area contributed by atoms with Gasteiger partial charge < -0.3 is 20.5 Å². The minimum atomic E-state index is -0.277. The molecule has 3 aromatic rings. The van der Waals surface area contributed by atoms with E-state index >= 15 is 0 Å². The number of ether oxygens (including phenoxy) is 2. The van der Waals surface area contributed by atoms with E-state index in [2.05, 4.69) is 10.3 Å². The molecule has 0 saturated carbocycles. The molecule has 0 radical (unpaired) electrons. The van der Waals surface area contributed by atoms with Crippen molar-refractivity contribution in [3.05, 3.63) is 40.9 Å². The lowest BCUT2D eigenvalue weighted by molar-refractivity contribution is 0.103. The zero-order valence-electron chi connectivity index (χ0n) is 13.5. The zero-order valence-corrected chi connectivity index (χ0v) is 14.4. The van der Waals surface area contributed by atoms with Crippen molar-refractivity contribution < 1.29 is 14.3 Å². The molecule has 124 valence electrons. The first-order valence-electron chi connectivity index (χ1n) is 7.22. The summed E-state index contributed by atoms with van der Waals surface area (Å²) in [6, 6.07) is 8.93. The molecule has 0 spiro atoms. The van der Waals surface area contributed by atoms with Crippen LogP contribution < -0.4 is 20.5 Å². The molecule has 0 aliphatic rings. The Hall–Kier alpha value is -2.80. The van der Waals surface area contributed by atoms with Crippen molar-refractivity contribution in [2.24, 2.45) is 0 Å². The van der Waals surface area contributed by atoms with E-state index in [9.17, 15) is 4.79 Å². The number of fused-ring (bicyclic) bond motifs is 1. The Balaban J connectivity index is 1.91. The Kier molecular flexibility index (Phi) is 4.26. The third kappa shape index (κ3) is 2.85. The van der Waals surface area contributed by atoms with Crippen LogP contribution in [0, 0.1) is 6.92 Å². The maximum Gasteiger partial charge on any atom is 0.267 e. The number of hydrogen-bond donors (Lipinski definition) is 2. The molecule has 0 bridgehead atoms. The Morgan fingerprint density at radius 2 is 1.92 bits per heavy atom.